The summed E-state index contributed by atoms with van der Waals surface area (Å²) in [5.41, 5.74) is 2.27. The van der Waals surface area contributed by atoms with Gasteiger partial charge in [0.2, 0.25) is 0 Å². The summed E-state index contributed by atoms with van der Waals surface area (Å²) in [5, 5.41) is 10.4. The number of rotatable bonds is 12. The lowest BCUT2D eigenvalue weighted by molar-refractivity contribution is -0.150. The molecule has 1 aliphatic heterocycles. The van der Waals surface area contributed by atoms with Crippen LogP contribution in [0.25, 0.3) is 0 Å². The third-order valence-corrected chi connectivity index (χ3v) is 5.69. The van der Waals surface area contributed by atoms with E-state index >= 15 is 0 Å². The summed E-state index contributed by atoms with van der Waals surface area (Å²) in [7, 11) is 1.69. The Morgan fingerprint density at radius 2 is 2.03 bits per heavy atom. The topological polar surface area (TPSA) is 74.2 Å². The van der Waals surface area contributed by atoms with E-state index in [1.807, 2.05) is 19.9 Å². The number of carbonyl (C=O) groups is 1. The Bertz CT molecular complexity index is 669. The summed E-state index contributed by atoms with van der Waals surface area (Å²) in [5.74, 6) is 1.40. The standard InChI is InChI=1S/C23H34O6/c1-15(2)19-12-22(29-23(19)25)20(24)14-27-13-16-5-8-18(17-6-7-17)21(11-16)28-10-4-9-26-3/h5,8,11,15,17,19-20,22,24H,4,6-7,9-10,12-14H2,1-3H3/t19-,20+,22?/m0/s1. The van der Waals surface area contributed by atoms with Crippen LogP contribution in [-0.2, 0) is 25.6 Å². The lowest BCUT2D eigenvalue weighted by Crippen LogP contribution is -2.30. The van der Waals surface area contributed by atoms with E-state index in [2.05, 4.69) is 12.1 Å². The molecule has 0 amide bonds. The number of esters is 1. The molecule has 0 aromatic heterocycles. The van der Waals surface area contributed by atoms with Crippen molar-refractivity contribution >= 4 is 5.97 Å². The van der Waals surface area contributed by atoms with Gasteiger partial charge in [-0.1, -0.05) is 26.0 Å². The van der Waals surface area contributed by atoms with E-state index in [0.717, 1.165) is 17.7 Å². The first-order chi connectivity index (χ1) is 14.0. The van der Waals surface area contributed by atoms with Crippen LogP contribution in [0.5, 0.6) is 5.75 Å². The molecule has 6 nitrogen and oxygen atoms in total. The summed E-state index contributed by atoms with van der Waals surface area (Å²) in [6.07, 6.45) is 2.55. The van der Waals surface area contributed by atoms with E-state index in [0.29, 0.717) is 32.2 Å². The zero-order chi connectivity index (χ0) is 20.8. The predicted octanol–water partition coefficient (Wildman–Crippen LogP) is 3.44. The fraction of sp³-hybridized carbons (Fsp3) is 0.696. The first-order valence-corrected chi connectivity index (χ1v) is 10.7. The number of benzene rings is 1. The summed E-state index contributed by atoms with van der Waals surface area (Å²) >= 11 is 0. The Labute approximate surface area is 173 Å². The Hall–Kier alpha value is -1.63. The van der Waals surface area contributed by atoms with Gasteiger partial charge in [0.1, 0.15) is 18.0 Å². The SMILES string of the molecule is COCCCOc1cc(COC[C@@H](O)C2C[C@@H](C(C)C)C(=O)O2)ccc1C1CC1. The number of hydrogen-bond donors (Lipinski definition) is 1. The third-order valence-electron chi connectivity index (χ3n) is 5.69. The number of methoxy groups -OCH3 is 1. The lowest BCUT2D eigenvalue weighted by atomic mass is 9.91. The molecule has 1 saturated carbocycles. The van der Waals surface area contributed by atoms with Gasteiger partial charge in [0.15, 0.2) is 0 Å². The van der Waals surface area contributed by atoms with Crippen LogP contribution in [0, 0.1) is 11.8 Å². The van der Waals surface area contributed by atoms with E-state index in [9.17, 15) is 9.90 Å². The summed E-state index contributed by atoms with van der Waals surface area (Å²) in [4.78, 5) is 11.9. The molecule has 0 bridgehead atoms. The van der Waals surface area contributed by atoms with Crippen molar-refractivity contribution in [3.63, 3.8) is 0 Å². The molecule has 3 rings (SSSR count). The normalized spacial score (nSPS) is 22.7. The van der Waals surface area contributed by atoms with E-state index in [-0.39, 0.29) is 24.4 Å². The van der Waals surface area contributed by atoms with E-state index in [4.69, 9.17) is 18.9 Å². The maximum absolute atomic E-state index is 11.9. The zero-order valence-corrected chi connectivity index (χ0v) is 17.8. The average Bonchev–Trinajstić information content (AvgIpc) is 3.46. The van der Waals surface area contributed by atoms with Crippen molar-refractivity contribution in [3.8, 4) is 5.75 Å². The largest absolute Gasteiger partial charge is 0.493 e. The second kappa shape index (κ2) is 10.4. The molecule has 1 aromatic rings. The van der Waals surface area contributed by atoms with E-state index < -0.39 is 12.2 Å². The Balaban J connectivity index is 1.49. The molecule has 1 saturated heterocycles. The smallest absolute Gasteiger partial charge is 0.309 e. The Morgan fingerprint density at radius 1 is 1.24 bits per heavy atom. The number of hydrogen-bond acceptors (Lipinski definition) is 6. The van der Waals surface area contributed by atoms with Crippen LogP contribution in [-0.4, -0.2) is 50.2 Å². The van der Waals surface area contributed by atoms with Gasteiger partial charge >= 0.3 is 5.97 Å². The van der Waals surface area contributed by atoms with Gasteiger partial charge in [-0.25, -0.2) is 0 Å². The molecule has 29 heavy (non-hydrogen) atoms. The molecule has 1 aromatic carbocycles. The third kappa shape index (κ3) is 6.17. The molecule has 1 unspecified atom stereocenters. The molecular formula is C23H34O6. The molecule has 2 aliphatic rings. The number of aliphatic hydroxyl groups excluding tert-OH is 1. The highest BCUT2D eigenvalue weighted by molar-refractivity contribution is 5.75. The highest BCUT2D eigenvalue weighted by Gasteiger charge is 2.39. The molecule has 1 N–H and O–H groups in total. The van der Waals surface area contributed by atoms with Crippen molar-refractivity contribution in [2.45, 2.75) is 64.3 Å². The zero-order valence-electron chi connectivity index (χ0n) is 17.8. The Morgan fingerprint density at radius 3 is 2.69 bits per heavy atom. The van der Waals surface area contributed by atoms with Gasteiger partial charge in [-0.05, 0) is 41.9 Å². The first kappa shape index (κ1) is 22.1. The van der Waals surface area contributed by atoms with E-state index in [1.54, 1.807) is 7.11 Å². The van der Waals surface area contributed by atoms with Crippen molar-refractivity contribution in [1.82, 2.24) is 0 Å². The minimum atomic E-state index is -0.807. The molecule has 0 radical (unpaired) electrons. The number of carbonyl (C=O) groups excluding carboxylic acids is 1. The molecular weight excluding hydrogens is 372 g/mol. The fourth-order valence-corrected chi connectivity index (χ4v) is 3.73. The second-order valence-corrected chi connectivity index (χ2v) is 8.49. The van der Waals surface area contributed by atoms with Crippen molar-refractivity contribution in [2.24, 2.45) is 11.8 Å². The second-order valence-electron chi connectivity index (χ2n) is 8.49. The average molecular weight is 407 g/mol. The fourth-order valence-electron chi connectivity index (χ4n) is 3.73. The summed E-state index contributed by atoms with van der Waals surface area (Å²) in [6, 6.07) is 6.23. The Kier molecular flexibility index (Phi) is 7.92. The van der Waals surface area contributed by atoms with Crippen LogP contribution in [0.2, 0.25) is 0 Å². The van der Waals surface area contributed by atoms with Gasteiger partial charge in [0, 0.05) is 26.6 Å². The maximum atomic E-state index is 11.9. The van der Waals surface area contributed by atoms with E-state index in [1.165, 1.54) is 18.4 Å². The van der Waals surface area contributed by atoms with Crippen LogP contribution >= 0.6 is 0 Å². The van der Waals surface area contributed by atoms with Gasteiger partial charge < -0.3 is 24.1 Å². The predicted molar refractivity (Wildman–Crippen MR) is 109 cm³/mol. The van der Waals surface area contributed by atoms with Gasteiger partial charge in [-0.15, -0.1) is 0 Å². The first-order valence-electron chi connectivity index (χ1n) is 10.7. The van der Waals surface area contributed by atoms with Crippen molar-refractivity contribution in [1.29, 1.82) is 0 Å². The molecule has 1 aliphatic carbocycles. The van der Waals surface area contributed by atoms with Gasteiger partial charge in [0.25, 0.3) is 0 Å². The van der Waals surface area contributed by atoms with Crippen LogP contribution < -0.4 is 4.74 Å². The van der Waals surface area contributed by atoms with Gasteiger partial charge in [-0.3, -0.25) is 4.79 Å². The maximum Gasteiger partial charge on any atom is 0.309 e. The van der Waals surface area contributed by atoms with Gasteiger partial charge in [0.05, 0.1) is 25.7 Å². The molecule has 0 spiro atoms. The number of cyclic esters (lactones) is 1. The van der Waals surface area contributed by atoms with Crippen LogP contribution in [0.3, 0.4) is 0 Å². The van der Waals surface area contributed by atoms with Crippen LogP contribution in [0.15, 0.2) is 18.2 Å². The molecule has 3 atom stereocenters. The van der Waals surface area contributed by atoms with Crippen molar-refractivity contribution < 1.29 is 28.8 Å². The van der Waals surface area contributed by atoms with Crippen LogP contribution in [0.1, 0.15) is 56.6 Å². The van der Waals surface area contributed by atoms with Gasteiger partial charge in [-0.2, -0.15) is 0 Å². The lowest BCUT2D eigenvalue weighted by Gasteiger charge is -2.18. The van der Waals surface area contributed by atoms with Crippen LogP contribution in [0.4, 0.5) is 0 Å². The molecule has 1 heterocycles. The van der Waals surface area contributed by atoms with Crippen molar-refractivity contribution in [3.05, 3.63) is 29.3 Å². The molecule has 162 valence electrons. The summed E-state index contributed by atoms with van der Waals surface area (Å²) in [6.45, 7) is 5.82. The summed E-state index contributed by atoms with van der Waals surface area (Å²) < 4.78 is 22.1. The van der Waals surface area contributed by atoms with Crippen molar-refractivity contribution in [2.75, 3.05) is 26.9 Å². The quantitative estimate of drug-likeness (QED) is 0.423. The number of aliphatic hydroxyl groups is 1. The monoisotopic (exact) mass is 406 g/mol. The highest BCUT2D eigenvalue weighted by atomic mass is 16.6. The molecule has 6 heteroatoms. The minimum Gasteiger partial charge on any atom is -0.493 e. The highest BCUT2D eigenvalue weighted by Crippen LogP contribution is 2.44. The molecule has 2 fully saturated rings. The minimum absolute atomic E-state index is 0.136. The number of ether oxygens (including phenoxy) is 4.